The van der Waals surface area contributed by atoms with Gasteiger partial charge >= 0.3 is 5.97 Å². The zero-order chi connectivity index (χ0) is 23.2. The fraction of sp³-hybridized carbons (Fsp3) is 0.148. The molecule has 168 valence electrons. The number of benzene rings is 3. The summed E-state index contributed by atoms with van der Waals surface area (Å²) in [4.78, 5) is 12.5. The fourth-order valence-corrected chi connectivity index (χ4v) is 3.43. The van der Waals surface area contributed by atoms with Gasteiger partial charge in [0.1, 0.15) is 12.4 Å². The van der Waals surface area contributed by atoms with E-state index in [1.54, 1.807) is 45.6 Å². The van der Waals surface area contributed by atoms with Crippen LogP contribution in [0.5, 0.6) is 23.0 Å². The van der Waals surface area contributed by atoms with E-state index in [0.717, 1.165) is 11.1 Å². The van der Waals surface area contributed by atoms with Crippen LogP contribution < -0.4 is 18.9 Å². The summed E-state index contributed by atoms with van der Waals surface area (Å²) in [5.74, 6) is 2.38. The Balaban J connectivity index is 1.55. The molecule has 3 aromatic carbocycles. The van der Waals surface area contributed by atoms with Crippen LogP contribution in [0.15, 0.2) is 78.4 Å². The minimum absolute atomic E-state index is 0.428. The molecule has 4 rings (SSSR count). The highest BCUT2D eigenvalue weighted by atomic mass is 16.5. The molecule has 6 heteroatoms. The van der Waals surface area contributed by atoms with Crippen molar-refractivity contribution >= 4 is 17.8 Å². The summed E-state index contributed by atoms with van der Waals surface area (Å²) in [5.41, 5.74) is 2.99. The SMILES string of the molecule is COc1ccc(C2=C/C(=C/c3ccc(OCc4ccccc4)c(OC)c3)C(=O)O2)cc1OC. The fourth-order valence-electron chi connectivity index (χ4n) is 3.43. The van der Waals surface area contributed by atoms with E-state index in [0.29, 0.717) is 46.5 Å². The van der Waals surface area contributed by atoms with Crippen molar-refractivity contribution in [1.29, 1.82) is 0 Å². The molecule has 0 saturated heterocycles. The summed E-state index contributed by atoms with van der Waals surface area (Å²) in [6.45, 7) is 0.432. The van der Waals surface area contributed by atoms with Crippen LogP contribution in [0.4, 0.5) is 0 Å². The predicted octanol–water partition coefficient (Wildman–Crippen LogP) is 5.27. The van der Waals surface area contributed by atoms with Gasteiger partial charge in [-0.2, -0.15) is 0 Å². The van der Waals surface area contributed by atoms with Crippen molar-refractivity contribution < 1.29 is 28.5 Å². The number of hydrogen-bond donors (Lipinski definition) is 0. The van der Waals surface area contributed by atoms with E-state index in [1.807, 2.05) is 54.6 Å². The molecule has 0 unspecified atom stereocenters. The third-order valence-corrected chi connectivity index (χ3v) is 5.14. The molecule has 33 heavy (non-hydrogen) atoms. The van der Waals surface area contributed by atoms with Gasteiger partial charge in [-0.25, -0.2) is 4.79 Å². The lowest BCUT2D eigenvalue weighted by molar-refractivity contribution is -0.130. The molecule has 0 amide bonds. The van der Waals surface area contributed by atoms with Gasteiger partial charge in [0.2, 0.25) is 0 Å². The highest BCUT2D eigenvalue weighted by molar-refractivity contribution is 6.05. The lowest BCUT2D eigenvalue weighted by Gasteiger charge is -2.11. The third kappa shape index (κ3) is 5.01. The maximum absolute atomic E-state index is 12.5. The Hall–Kier alpha value is -4.19. The molecule has 0 N–H and O–H groups in total. The van der Waals surface area contributed by atoms with Crippen molar-refractivity contribution in [3.63, 3.8) is 0 Å². The van der Waals surface area contributed by atoms with Gasteiger partial charge in [0.25, 0.3) is 0 Å². The average Bonchev–Trinajstić information content (AvgIpc) is 3.23. The van der Waals surface area contributed by atoms with Crippen molar-refractivity contribution in [1.82, 2.24) is 0 Å². The number of carbonyl (C=O) groups is 1. The summed E-state index contributed by atoms with van der Waals surface area (Å²) in [5, 5.41) is 0. The highest BCUT2D eigenvalue weighted by Gasteiger charge is 2.23. The van der Waals surface area contributed by atoms with Crippen LogP contribution in [-0.4, -0.2) is 27.3 Å². The summed E-state index contributed by atoms with van der Waals surface area (Å²) >= 11 is 0. The molecule has 0 atom stereocenters. The minimum atomic E-state index is -0.428. The van der Waals surface area contributed by atoms with Crippen LogP contribution >= 0.6 is 0 Å². The van der Waals surface area contributed by atoms with Gasteiger partial charge in [-0.3, -0.25) is 0 Å². The molecule has 6 nitrogen and oxygen atoms in total. The van der Waals surface area contributed by atoms with Gasteiger partial charge in [0.05, 0.1) is 26.9 Å². The lowest BCUT2D eigenvalue weighted by Crippen LogP contribution is -1.99. The van der Waals surface area contributed by atoms with Crippen molar-refractivity contribution in [3.8, 4) is 23.0 Å². The maximum Gasteiger partial charge on any atom is 0.343 e. The van der Waals surface area contributed by atoms with Crippen LogP contribution in [0, 0.1) is 0 Å². The monoisotopic (exact) mass is 444 g/mol. The Bertz CT molecular complexity index is 1210. The van der Waals surface area contributed by atoms with Gasteiger partial charge in [0.15, 0.2) is 23.0 Å². The number of cyclic esters (lactones) is 1. The first-order chi connectivity index (χ1) is 16.1. The molecule has 1 heterocycles. The zero-order valence-electron chi connectivity index (χ0n) is 18.7. The Morgan fingerprint density at radius 3 is 2.21 bits per heavy atom. The van der Waals surface area contributed by atoms with E-state index < -0.39 is 5.97 Å². The number of ether oxygens (including phenoxy) is 5. The minimum Gasteiger partial charge on any atom is -0.493 e. The van der Waals surface area contributed by atoms with Gasteiger partial charge in [0, 0.05) is 5.56 Å². The molecule has 0 aliphatic carbocycles. The second-order valence-electron chi connectivity index (χ2n) is 7.25. The molecule has 0 saturated carbocycles. The normalized spacial score (nSPS) is 14.0. The largest absolute Gasteiger partial charge is 0.493 e. The summed E-state index contributed by atoms with van der Waals surface area (Å²) in [6.07, 6.45) is 3.45. The highest BCUT2D eigenvalue weighted by Crippen LogP contribution is 2.35. The first kappa shape index (κ1) is 22.0. The first-order valence-corrected chi connectivity index (χ1v) is 10.3. The first-order valence-electron chi connectivity index (χ1n) is 10.3. The average molecular weight is 444 g/mol. The van der Waals surface area contributed by atoms with Crippen LogP contribution in [0.3, 0.4) is 0 Å². The number of rotatable bonds is 8. The zero-order valence-corrected chi connectivity index (χ0v) is 18.7. The van der Waals surface area contributed by atoms with Crippen LogP contribution in [0.2, 0.25) is 0 Å². The second-order valence-corrected chi connectivity index (χ2v) is 7.25. The van der Waals surface area contributed by atoms with Crippen molar-refractivity contribution in [2.75, 3.05) is 21.3 Å². The number of carbonyl (C=O) groups excluding carboxylic acids is 1. The Labute approximate surface area is 192 Å². The summed E-state index contributed by atoms with van der Waals surface area (Å²) in [6, 6.07) is 20.8. The van der Waals surface area contributed by atoms with Crippen molar-refractivity contribution in [2.24, 2.45) is 0 Å². The van der Waals surface area contributed by atoms with E-state index in [4.69, 9.17) is 23.7 Å². The topological polar surface area (TPSA) is 63.2 Å². The number of methoxy groups -OCH3 is 3. The molecule has 1 aliphatic heterocycles. The Morgan fingerprint density at radius 2 is 1.48 bits per heavy atom. The van der Waals surface area contributed by atoms with E-state index in [2.05, 4.69) is 0 Å². The molecular weight excluding hydrogens is 420 g/mol. The molecule has 3 aromatic rings. The number of hydrogen-bond acceptors (Lipinski definition) is 6. The van der Waals surface area contributed by atoms with Gasteiger partial charge in [-0.15, -0.1) is 0 Å². The van der Waals surface area contributed by atoms with Gasteiger partial charge in [-0.05, 0) is 53.6 Å². The van der Waals surface area contributed by atoms with Crippen LogP contribution in [0.25, 0.3) is 11.8 Å². The molecular formula is C27H24O6. The van der Waals surface area contributed by atoms with E-state index in [1.165, 1.54) is 0 Å². The summed E-state index contributed by atoms with van der Waals surface area (Å²) in [7, 11) is 4.71. The molecule has 0 aromatic heterocycles. The molecule has 0 radical (unpaired) electrons. The Kier molecular flexibility index (Phi) is 6.64. The van der Waals surface area contributed by atoms with E-state index in [9.17, 15) is 4.79 Å². The molecule has 0 bridgehead atoms. The Morgan fingerprint density at radius 1 is 0.788 bits per heavy atom. The summed E-state index contributed by atoms with van der Waals surface area (Å²) < 4.78 is 27.5. The van der Waals surface area contributed by atoms with Gasteiger partial charge < -0.3 is 23.7 Å². The standard InChI is InChI=1S/C27H24O6/c1-29-22-12-10-20(15-26(22)31-3)24-16-21(27(28)33-24)13-19-9-11-23(25(14-19)30-2)32-17-18-7-5-4-6-8-18/h4-16H,17H2,1-3H3/b21-13-. The van der Waals surface area contributed by atoms with Crippen molar-refractivity contribution in [2.45, 2.75) is 6.61 Å². The number of esters is 1. The van der Waals surface area contributed by atoms with Gasteiger partial charge in [-0.1, -0.05) is 36.4 Å². The molecule has 0 spiro atoms. The van der Waals surface area contributed by atoms with E-state index >= 15 is 0 Å². The van der Waals surface area contributed by atoms with E-state index in [-0.39, 0.29) is 0 Å². The molecule has 1 aliphatic rings. The quantitative estimate of drug-likeness (QED) is 0.348. The predicted molar refractivity (Wildman–Crippen MR) is 125 cm³/mol. The maximum atomic E-state index is 12.5. The molecule has 0 fully saturated rings. The van der Waals surface area contributed by atoms with Crippen molar-refractivity contribution in [3.05, 3.63) is 95.1 Å². The lowest BCUT2D eigenvalue weighted by atomic mass is 10.1. The smallest absolute Gasteiger partial charge is 0.343 e. The van der Waals surface area contributed by atoms with Crippen LogP contribution in [-0.2, 0) is 16.1 Å². The van der Waals surface area contributed by atoms with Crippen LogP contribution in [0.1, 0.15) is 16.7 Å². The third-order valence-electron chi connectivity index (χ3n) is 5.14. The second kappa shape index (κ2) is 9.96.